The zero-order valence-electron chi connectivity index (χ0n) is 14.1. The molecule has 0 radical (unpaired) electrons. The lowest BCUT2D eigenvalue weighted by Crippen LogP contribution is -2.29. The summed E-state index contributed by atoms with van der Waals surface area (Å²) in [7, 11) is 1.92. The molecule has 5 heteroatoms. The Labute approximate surface area is 146 Å². The number of aryl methyl sites for hydroxylation is 1. The highest BCUT2D eigenvalue weighted by atomic mass is 16.1. The molecular weight excluding hydrogens is 312 g/mol. The number of anilines is 1. The van der Waals surface area contributed by atoms with Crippen molar-refractivity contribution in [2.75, 3.05) is 18.0 Å². The molecule has 3 aromatic rings. The summed E-state index contributed by atoms with van der Waals surface area (Å²) in [5, 5.41) is 7.18. The van der Waals surface area contributed by atoms with Gasteiger partial charge in [-0.3, -0.25) is 9.48 Å². The molecule has 5 nitrogen and oxygen atoms in total. The maximum absolute atomic E-state index is 12.2. The molecule has 0 bridgehead atoms. The molecule has 0 atom stereocenters. The van der Waals surface area contributed by atoms with Gasteiger partial charge in [0.05, 0.1) is 11.8 Å². The average Bonchev–Trinajstić information content (AvgIpc) is 3.01. The summed E-state index contributed by atoms with van der Waals surface area (Å²) >= 11 is 0. The van der Waals surface area contributed by atoms with Crippen molar-refractivity contribution < 1.29 is 4.79 Å². The van der Waals surface area contributed by atoms with E-state index in [-0.39, 0.29) is 5.91 Å². The first kappa shape index (κ1) is 15.4. The molecule has 0 saturated carbocycles. The first-order valence-electron chi connectivity index (χ1n) is 8.41. The predicted molar refractivity (Wildman–Crippen MR) is 98.5 cm³/mol. The van der Waals surface area contributed by atoms with Gasteiger partial charge >= 0.3 is 0 Å². The Hall–Kier alpha value is -3.08. The molecule has 1 aliphatic rings. The van der Waals surface area contributed by atoms with Gasteiger partial charge < -0.3 is 10.2 Å². The molecule has 1 aliphatic heterocycles. The Morgan fingerprint density at radius 2 is 1.88 bits per heavy atom. The summed E-state index contributed by atoms with van der Waals surface area (Å²) in [6.45, 7) is 2.23. The number of carbonyl (C=O) groups excluding carboxylic acids is 1. The molecule has 126 valence electrons. The Bertz CT molecular complexity index is 898. The van der Waals surface area contributed by atoms with E-state index in [9.17, 15) is 4.79 Å². The van der Waals surface area contributed by atoms with Crippen LogP contribution in [0.5, 0.6) is 0 Å². The molecule has 25 heavy (non-hydrogen) atoms. The molecular formula is C20H20N4O. The highest BCUT2D eigenvalue weighted by Gasteiger charge is 2.19. The van der Waals surface area contributed by atoms with E-state index in [1.807, 2.05) is 43.7 Å². The number of nitrogens with one attached hydrogen (secondary N) is 1. The number of hydrogen-bond acceptors (Lipinski definition) is 3. The molecule has 2 aromatic carbocycles. The van der Waals surface area contributed by atoms with Crippen LogP contribution in [0.4, 0.5) is 5.69 Å². The van der Waals surface area contributed by atoms with Gasteiger partial charge in [-0.15, -0.1) is 0 Å². The van der Waals surface area contributed by atoms with Gasteiger partial charge in [-0.2, -0.15) is 5.10 Å². The summed E-state index contributed by atoms with van der Waals surface area (Å²) in [6, 6.07) is 16.3. The molecule has 4 rings (SSSR count). The van der Waals surface area contributed by atoms with Crippen molar-refractivity contribution in [3.05, 3.63) is 72.1 Å². The predicted octanol–water partition coefficient (Wildman–Crippen LogP) is 2.84. The van der Waals surface area contributed by atoms with Crippen molar-refractivity contribution in [3.63, 3.8) is 0 Å². The molecule has 0 fully saturated rings. The van der Waals surface area contributed by atoms with Gasteiger partial charge in [-0.1, -0.05) is 36.4 Å². The molecule has 0 unspecified atom stereocenters. The summed E-state index contributed by atoms with van der Waals surface area (Å²) in [5.41, 5.74) is 5.23. The van der Waals surface area contributed by atoms with E-state index in [4.69, 9.17) is 0 Å². The Morgan fingerprint density at radius 3 is 2.64 bits per heavy atom. The third-order valence-electron chi connectivity index (χ3n) is 4.52. The lowest BCUT2D eigenvalue weighted by Gasteiger charge is -2.24. The number of carbonyl (C=O) groups is 1. The van der Waals surface area contributed by atoms with E-state index >= 15 is 0 Å². The van der Waals surface area contributed by atoms with Crippen LogP contribution < -0.4 is 10.2 Å². The number of hydrogen-bond donors (Lipinski definition) is 1. The summed E-state index contributed by atoms with van der Waals surface area (Å²) in [6.07, 6.45) is 3.88. The van der Waals surface area contributed by atoms with Crippen molar-refractivity contribution in [2.24, 2.45) is 7.05 Å². The first-order chi connectivity index (χ1) is 12.2. The number of fused-ring (bicyclic) bond motifs is 1. The molecule has 1 aromatic heterocycles. The quantitative estimate of drug-likeness (QED) is 0.802. The smallest absolute Gasteiger partial charge is 0.253 e. The Balaban J connectivity index is 1.57. The number of para-hydroxylation sites is 1. The first-order valence-corrected chi connectivity index (χ1v) is 8.41. The third kappa shape index (κ3) is 3.13. The highest BCUT2D eigenvalue weighted by Crippen LogP contribution is 2.25. The fourth-order valence-electron chi connectivity index (χ4n) is 3.22. The van der Waals surface area contributed by atoms with Crippen LogP contribution in [0.1, 0.15) is 15.9 Å². The van der Waals surface area contributed by atoms with Gasteiger partial charge in [0.15, 0.2) is 0 Å². The standard InChI is InChI=1S/C20H20N4O/c1-23-14-17(12-22-23)16-8-6-15(7-9-16)13-24-11-10-21-20(25)18-4-2-3-5-19(18)24/h2-9,12,14H,10-11,13H2,1H3,(H,21,25). The summed E-state index contributed by atoms with van der Waals surface area (Å²) < 4.78 is 1.81. The second kappa shape index (κ2) is 6.43. The van der Waals surface area contributed by atoms with E-state index in [1.165, 1.54) is 5.56 Å². The van der Waals surface area contributed by atoms with Gasteiger partial charge in [0.25, 0.3) is 5.91 Å². The topological polar surface area (TPSA) is 50.2 Å². The lowest BCUT2D eigenvalue weighted by atomic mass is 10.1. The van der Waals surface area contributed by atoms with E-state index in [1.54, 1.807) is 4.68 Å². The summed E-state index contributed by atoms with van der Waals surface area (Å²) in [5.74, 6) is 0.00465. The van der Waals surface area contributed by atoms with Crippen LogP contribution in [0.25, 0.3) is 11.1 Å². The van der Waals surface area contributed by atoms with Crippen LogP contribution in [-0.4, -0.2) is 28.8 Å². The maximum Gasteiger partial charge on any atom is 0.253 e. The molecule has 0 saturated heterocycles. The van der Waals surface area contributed by atoms with Gasteiger partial charge in [0, 0.05) is 44.1 Å². The molecule has 1 amide bonds. The SMILES string of the molecule is Cn1cc(-c2ccc(CN3CCNC(=O)c4ccccc43)cc2)cn1. The Kier molecular flexibility index (Phi) is 3.98. The van der Waals surface area contributed by atoms with Crippen molar-refractivity contribution in [1.29, 1.82) is 0 Å². The van der Waals surface area contributed by atoms with Crippen LogP contribution in [0, 0.1) is 0 Å². The zero-order chi connectivity index (χ0) is 17.2. The number of amides is 1. The number of rotatable bonds is 3. The van der Waals surface area contributed by atoms with Crippen LogP contribution in [0.3, 0.4) is 0 Å². The fraction of sp³-hybridized carbons (Fsp3) is 0.200. The van der Waals surface area contributed by atoms with E-state index in [2.05, 4.69) is 39.6 Å². The normalized spacial score (nSPS) is 14.0. The molecule has 0 aliphatic carbocycles. The second-order valence-corrected chi connectivity index (χ2v) is 6.29. The van der Waals surface area contributed by atoms with Crippen LogP contribution in [-0.2, 0) is 13.6 Å². The van der Waals surface area contributed by atoms with Crippen LogP contribution in [0.2, 0.25) is 0 Å². The number of benzene rings is 2. The fourth-order valence-corrected chi connectivity index (χ4v) is 3.22. The third-order valence-corrected chi connectivity index (χ3v) is 4.52. The van der Waals surface area contributed by atoms with Gasteiger partial charge in [-0.25, -0.2) is 0 Å². The zero-order valence-corrected chi connectivity index (χ0v) is 14.1. The van der Waals surface area contributed by atoms with Crippen LogP contribution >= 0.6 is 0 Å². The van der Waals surface area contributed by atoms with Crippen molar-refractivity contribution in [1.82, 2.24) is 15.1 Å². The Morgan fingerprint density at radius 1 is 1.08 bits per heavy atom. The number of nitrogens with zero attached hydrogens (tertiary/aromatic N) is 3. The monoisotopic (exact) mass is 332 g/mol. The largest absolute Gasteiger partial charge is 0.365 e. The minimum atomic E-state index is 0.00465. The van der Waals surface area contributed by atoms with E-state index in [0.717, 1.165) is 35.5 Å². The van der Waals surface area contributed by atoms with Crippen LogP contribution in [0.15, 0.2) is 60.9 Å². The molecule has 1 N–H and O–H groups in total. The van der Waals surface area contributed by atoms with Gasteiger partial charge in [0.2, 0.25) is 0 Å². The second-order valence-electron chi connectivity index (χ2n) is 6.29. The van der Waals surface area contributed by atoms with Gasteiger partial charge in [-0.05, 0) is 23.3 Å². The summed E-state index contributed by atoms with van der Waals surface area (Å²) in [4.78, 5) is 14.4. The molecule has 2 heterocycles. The minimum absolute atomic E-state index is 0.00465. The van der Waals surface area contributed by atoms with Crippen molar-refractivity contribution >= 4 is 11.6 Å². The molecule has 0 spiro atoms. The van der Waals surface area contributed by atoms with E-state index < -0.39 is 0 Å². The minimum Gasteiger partial charge on any atom is -0.365 e. The number of aromatic nitrogens is 2. The average molecular weight is 332 g/mol. The van der Waals surface area contributed by atoms with E-state index in [0.29, 0.717) is 6.54 Å². The maximum atomic E-state index is 12.2. The van der Waals surface area contributed by atoms with Crippen molar-refractivity contribution in [2.45, 2.75) is 6.54 Å². The van der Waals surface area contributed by atoms with Gasteiger partial charge in [0.1, 0.15) is 0 Å². The lowest BCUT2D eigenvalue weighted by molar-refractivity contribution is 0.0958. The highest BCUT2D eigenvalue weighted by molar-refractivity contribution is 6.00. The van der Waals surface area contributed by atoms with Crippen molar-refractivity contribution in [3.8, 4) is 11.1 Å².